The number of nitrogens with zero attached hydrogens (tertiary/aromatic N) is 2. The Hall–Kier alpha value is -2.71. The largest absolute Gasteiger partial charge is 0.337 e. The van der Waals surface area contributed by atoms with Crippen molar-refractivity contribution in [1.29, 1.82) is 0 Å². The fourth-order valence-corrected chi connectivity index (χ4v) is 5.97. The van der Waals surface area contributed by atoms with Crippen molar-refractivity contribution < 1.29 is 18.0 Å². The van der Waals surface area contributed by atoms with Crippen LogP contribution in [0.3, 0.4) is 0 Å². The Balaban J connectivity index is 1.53. The van der Waals surface area contributed by atoms with Gasteiger partial charge in [-0.15, -0.1) is 0 Å². The third-order valence-corrected chi connectivity index (χ3v) is 7.96. The van der Waals surface area contributed by atoms with Gasteiger partial charge < -0.3 is 9.80 Å². The van der Waals surface area contributed by atoms with Crippen molar-refractivity contribution in [2.75, 3.05) is 18.0 Å². The molecule has 0 bridgehead atoms. The molecule has 4 rings (SSSR count). The lowest BCUT2D eigenvalue weighted by Gasteiger charge is -2.33. The fourth-order valence-electron chi connectivity index (χ4n) is 4.58. The molecule has 2 aliphatic rings. The van der Waals surface area contributed by atoms with E-state index in [9.17, 15) is 18.0 Å². The monoisotopic (exact) mass is 469 g/mol. The Kier molecular flexibility index (Phi) is 6.59. The minimum Gasteiger partial charge on any atom is -0.337 e. The molecule has 0 radical (unpaired) electrons. The van der Waals surface area contributed by atoms with Crippen LogP contribution in [0.5, 0.6) is 0 Å². The topological polar surface area (TPSA) is 86.8 Å². The number of hydrogen-bond donors (Lipinski definition) is 1. The maximum atomic E-state index is 13.4. The van der Waals surface area contributed by atoms with Gasteiger partial charge in [-0.25, -0.2) is 8.42 Å². The highest BCUT2D eigenvalue weighted by atomic mass is 32.2. The normalized spacial score (nSPS) is 16.5. The number of rotatable bonds is 6. The average molecular weight is 470 g/mol. The Morgan fingerprint density at radius 3 is 2.39 bits per heavy atom. The van der Waals surface area contributed by atoms with Gasteiger partial charge in [-0.1, -0.05) is 45.0 Å². The summed E-state index contributed by atoms with van der Waals surface area (Å²) >= 11 is 0. The van der Waals surface area contributed by atoms with Crippen molar-refractivity contribution in [3.63, 3.8) is 0 Å². The van der Waals surface area contributed by atoms with E-state index in [0.717, 1.165) is 23.2 Å². The highest BCUT2D eigenvalue weighted by Crippen LogP contribution is 2.31. The zero-order valence-corrected chi connectivity index (χ0v) is 20.2. The van der Waals surface area contributed by atoms with Crippen LogP contribution < -0.4 is 9.62 Å². The summed E-state index contributed by atoms with van der Waals surface area (Å²) in [5.41, 5.74) is 3.94. The molecule has 2 heterocycles. The van der Waals surface area contributed by atoms with Crippen LogP contribution in [0, 0.1) is 5.92 Å². The summed E-state index contributed by atoms with van der Waals surface area (Å²) in [6.45, 7) is 7.12. The second-order valence-electron chi connectivity index (χ2n) is 9.06. The molecule has 7 nitrogen and oxygen atoms in total. The predicted octanol–water partition coefficient (Wildman–Crippen LogP) is 2.87. The van der Waals surface area contributed by atoms with E-state index in [-0.39, 0.29) is 22.6 Å². The van der Waals surface area contributed by atoms with Crippen LogP contribution in [0.1, 0.15) is 43.9 Å². The SMILES string of the molecule is CCC(=O)N1CCc2cc(S(=O)(=O)NC(C(=O)N3CCc4ccccc4C3)C(C)C)ccc21. The Morgan fingerprint density at radius 2 is 1.70 bits per heavy atom. The molecular formula is C25H31N3O4S. The molecule has 176 valence electrons. The molecule has 0 spiro atoms. The Morgan fingerprint density at radius 1 is 1.00 bits per heavy atom. The molecule has 2 aromatic carbocycles. The Bertz CT molecular complexity index is 1180. The van der Waals surface area contributed by atoms with Gasteiger partial charge in [0.25, 0.3) is 0 Å². The second kappa shape index (κ2) is 9.27. The summed E-state index contributed by atoms with van der Waals surface area (Å²) in [7, 11) is -3.91. The van der Waals surface area contributed by atoms with Crippen LogP contribution in [0.4, 0.5) is 5.69 Å². The van der Waals surface area contributed by atoms with Gasteiger partial charge in [-0.3, -0.25) is 9.59 Å². The van der Waals surface area contributed by atoms with Gasteiger partial charge in [-0.2, -0.15) is 4.72 Å². The van der Waals surface area contributed by atoms with E-state index >= 15 is 0 Å². The minimum atomic E-state index is -3.91. The number of carbonyl (C=O) groups excluding carboxylic acids is 2. The number of sulfonamides is 1. The predicted molar refractivity (Wildman–Crippen MR) is 127 cm³/mol. The number of benzene rings is 2. The lowest BCUT2D eigenvalue weighted by Crippen LogP contribution is -2.52. The highest BCUT2D eigenvalue weighted by molar-refractivity contribution is 7.89. The van der Waals surface area contributed by atoms with Crippen LogP contribution in [-0.2, 0) is 39.0 Å². The number of amides is 2. The van der Waals surface area contributed by atoms with E-state index < -0.39 is 16.1 Å². The second-order valence-corrected chi connectivity index (χ2v) is 10.8. The lowest BCUT2D eigenvalue weighted by molar-refractivity contribution is -0.135. The smallest absolute Gasteiger partial charge is 0.241 e. The summed E-state index contributed by atoms with van der Waals surface area (Å²) in [6, 6.07) is 12.0. The lowest BCUT2D eigenvalue weighted by atomic mass is 9.97. The molecule has 2 amide bonds. The van der Waals surface area contributed by atoms with Crippen molar-refractivity contribution in [1.82, 2.24) is 9.62 Å². The number of nitrogens with one attached hydrogen (secondary N) is 1. The van der Waals surface area contributed by atoms with Crippen LogP contribution in [0.15, 0.2) is 47.4 Å². The standard InChI is InChI=1S/C25H31N3O4S/c1-4-23(29)28-14-12-19-15-21(9-10-22(19)28)33(31,32)26-24(17(2)3)25(30)27-13-11-18-7-5-6-8-20(18)16-27/h5-10,15,17,24,26H,4,11-14,16H2,1-3H3. The van der Waals surface area contributed by atoms with Gasteiger partial charge in [0.2, 0.25) is 21.8 Å². The molecule has 0 saturated heterocycles. The number of hydrogen-bond acceptors (Lipinski definition) is 4. The van der Waals surface area contributed by atoms with Crippen molar-refractivity contribution in [3.8, 4) is 0 Å². The van der Waals surface area contributed by atoms with Crippen LogP contribution in [0.2, 0.25) is 0 Å². The summed E-state index contributed by atoms with van der Waals surface area (Å²) < 4.78 is 29.2. The van der Waals surface area contributed by atoms with Crippen LogP contribution in [-0.4, -0.2) is 44.3 Å². The maximum Gasteiger partial charge on any atom is 0.241 e. The summed E-state index contributed by atoms with van der Waals surface area (Å²) in [4.78, 5) is 29.1. The molecule has 0 saturated carbocycles. The first-order chi connectivity index (χ1) is 15.7. The van der Waals surface area contributed by atoms with E-state index in [2.05, 4.69) is 10.8 Å². The van der Waals surface area contributed by atoms with E-state index in [1.165, 1.54) is 11.6 Å². The third kappa shape index (κ3) is 4.68. The zero-order valence-electron chi connectivity index (χ0n) is 19.4. The van der Waals surface area contributed by atoms with E-state index in [1.807, 2.05) is 39.0 Å². The average Bonchev–Trinajstić information content (AvgIpc) is 3.24. The maximum absolute atomic E-state index is 13.4. The molecule has 33 heavy (non-hydrogen) atoms. The van der Waals surface area contributed by atoms with Crippen molar-refractivity contribution >= 4 is 27.5 Å². The molecule has 1 N–H and O–H groups in total. The first kappa shape index (κ1) is 23.4. The first-order valence-electron chi connectivity index (χ1n) is 11.5. The molecular weight excluding hydrogens is 438 g/mol. The van der Waals surface area contributed by atoms with Crippen LogP contribution in [0.25, 0.3) is 0 Å². The van der Waals surface area contributed by atoms with Gasteiger partial charge in [0.1, 0.15) is 6.04 Å². The summed E-state index contributed by atoms with van der Waals surface area (Å²) in [5, 5.41) is 0. The highest BCUT2D eigenvalue weighted by Gasteiger charge is 2.34. The third-order valence-electron chi connectivity index (χ3n) is 6.52. The molecule has 1 atom stereocenters. The van der Waals surface area contributed by atoms with Crippen molar-refractivity contribution in [3.05, 3.63) is 59.2 Å². The van der Waals surface area contributed by atoms with E-state index in [4.69, 9.17) is 0 Å². The first-order valence-corrected chi connectivity index (χ1v) is 13.0. The van der Waals surface area contributed by atoms with Crippen molar-refractivity contribution in [2.45, 2.75) is 57.5 Å². The van der Waals surface area contributed by atoms with E-state index in [1.54, 1.807) is 21.9 Å². The Labute approximate surface area is 195 Å². The molecule has 2 aromatic rings. The zero-order chi connectivity index (χ0) is 23.8. The van der Waals surface area contributed by atoms with Gasteiger partial charge in [-0.05, 0) is 53.6 Å². The molecule has 0 aromatic heterocycles. The quantitative estimate of drug-likeness (QED) is 0.705. The van der Waals surface area contributed by atoms with Crippen LogP contribution >= 0.6 is 0 Å². The number of fused-ring (bicyclic) bond motifs is 2. The van der Waals surface area contributed by atoms with Gasteiger partial charge in [0, 0.05) is 31.7 Å². The fraction of sp³-hybridized carbons (Fsp3) is 0.440. The molecule has 0 fully saturated rings. The summed E-state index contributed by atoms with van der Waals surface area (Å²) in [5.74, 6) is -0.392. The number of carbonyl (C=O) groups is 2. The van der Waals surface area contributed by atoms with Crippen molar-refractivity contribution in [2.24, 2.45) is 5.92 Å². The van der Waals surface area contributed by atoms with Gasteiger partial charge in [0.05, 0.1) is 4.90 Å². The van der Waals surface area contributed by atoms with Gasteiger partial charge in [0.15, 0.2) is 0 Å². The minimum absolute atomic E-state index is 0.0241. The van der Waals surface area contributed by atoms with Gasteiger partial charge >= 0.3 is 0 Å². The molecule has 8 heteroatoms. The molecule has 1 unspecified atom stereocenters. The molecule has 0 aliphatic carbocycles. The summed E-state index contributed by atoms with van der Waals surface area (Å²) in [6.07, 6.45) is 1.78. The molecule has 2 aliphatic heterocycles. The number of anilines is 1. The van der Waals surface area contributed by atoms with E-state index in [0.29, 0.717) is 32.5 Å².